The van der Waals surface area contributed by atoms with Crippen LogP contribution in [-0.4, -0.2) is 23.3 Å². The molecule has 0 aliphatic carbocycles. The highest BCUT2D eigenvalue weighted by atomic mass is 15.2. The lowest BCUT2D eigenvalue weighted by Crippen LogP contribution is -2.34. The highest BCUT2D eigenvalue weighted by Crippen LogP contribution is 2.18. The van der Waals surface area contributed by atoms with Crippen LogP contribution in [0.3, 0.4) is 0 Å². The van der Waals surface area contributed by atoms with E-state index in [1.54, 1.807) is 0 Å². The molecule has 0 aromatic rings. The van der Waals surface area contributed by atoms with Crippen LogP contribution in [0.2, 0.25) is 0 Å². The molecule has 0 spiro atoms. The zero-order valence-corrected chi connectivity index (χ0v) is 6.25. The first-order valence-electron chi connectivity index (χ1n) is 3.88. The number of hydrogen-bond donors (Lipinski definition) is 0. The molecule has 1 atom stereocenters. The van der Waals surface area contributed by atoms with E-state index in [1.165, 1.54) is 25.2 Å². The molecule has 1 unspecified atom stereocenters. The summed E-state index contributed by atoms with van der Waals surface area (Å²) in [5.74, 6) is 1.29. The summed E-state index contributed by atoms with van der Waals surface area (Å²) in [6.45, 7) is 3.42. The Kier molecular flexibility index (Phi) is 1.26. The van der Waals surface area contributed by atoms with Crippen LogP contribution in [0, 0.1) is 0 Å². The fraction of sp³-hybridized carbons (Fsp3) is 0.625. The van der Waals surface area contributed by atoms with Gasteiger partial charge in [0.05, 0.1) is 0 Å². The normalized spacial score (nSPS) is 30.3. The van der Waals surface area contributed by atoms with E-state index in [2.05, 4.69) is 22.9 Å². The first-order chi connectivity index (χ1) is 4.88. The molecule has 0 N–H and O–H groups in total. The van der Waals surface area contributed by atoms with Crippen molar-refractivity contribution in [1.29, 1.82) is 0 Å². The molecule has 0 aromatic heterocycles. The molecular formula is C8H12N2. The van der Waals surface area contributed by atoms with Crippen LogP contribution < -0.4 is 0 Å². The van der Waals surface area contributed by atoms with Gasteiger partial charge in [-0.25, -0.2) is 4.99 Å². The molecule has 0 bridgehead atoms. The minimum atomic E-state index is 0.579. The van der Waals surface area contributed by atoms with Crippen LogP contribution in [0.25, 0.3) is 0 Å². The summed E-state index contributed by atoms with van der Waals surface area (Å²) in [6, 6.07) is 0.579. The van der Waals surface area contributed by atoms with Gasteiger partial charge >= 0.3 is 0 Å². The van der Waals surface area contributed by atoms with E-state index in [0.717, 1.165) is 0 Å². The molecule has 1 fully saturated rings. The van der Waals surface area contributed by atoms with E-state index >= 15 is 0 Å². The fourth-order valence-electron chi connectivity index (χ4n) is 1.62. The Hall–Kier alpha value is -0.790. The highest BCUT2D eigenvalue weighted by molar-refractivity contribution is 5.85. The van der Waals surface area contributed by atoms with Crippen molar-refractivity contribution in [1.82, 2.24) is 4.90 Å². The molecular weight excluding hydrogens is 124 g/mol. The summed E-state index contributed by atoms with van der Waals surface area (Å²) in [5.41, 5.74) is 0. The second-order valence-corrected chi connectivity index (χ2v) is 2.92. The molecule has 0 aromatic carbocycles. The summed E-state index contributed by atoms with van der Waals surface area (Å²) < 4.78 is 0. The van der Waals surface area contributed by atoms with Gasteiger partial charge in [-0.1, -0.05) is 0 Å². The van der Waals surface area contributed by atoms with Crippen molar-refractivity contribution in [3.05, 3.63) is 12.3 Å². The Bertz CT molecular complexity index is 193. The van der Waals surface area contributed by atoms with E-state index in [4.69, 9.17) is 0 Å². The summed E-state index contributed by atoms with van der Waals surface area (Å²) >= 11 is 0. The van der Waals surface area contributed by atoms with E-state index in [-0.39, 0.29) is 0 Å². The number of hydrogen-bond acceptors (Lipinski definition) is 2. The summed E-state index contributed by atoms with van der Waals surface area (Å²) in [4.78, 5) is 6.68. The topological polar surface area (TPSA) is 15.6 Å². The number of rotatable bonds is 0. The molecule has 2 aliphatic heterocycles. The van der Waals surface area contributed by atoms with Crippen LogP contribution >= 0.6 is 0 Å². The van der Waals surface area contributed by atoms with Gasteiger partial charge in [-0.3, -0.25) is 0 Å². The van der Waals surface area contributed by atoms with E-state index < -0.39 is 0 Å². The van der Waals surface area contributed by atoms with Crippen LogP contribution in [0.5, 0.6) is 0 Å². The second-order valence-electron chi connectivity index (χ2n) is 2.92. The third kappa shape index (κ3) is 0.753. The maximum atomic E-state index is 4.30. The van der Waals surface area contributed by atoms with Crippen molar-refractivity contribution in [3.8, 4) is 0 Å². The minimum Gasteiger partial charge on any atom is -0.354 e. The first-order valence-corrected chi connectivity index (χ1v) is 3.88. The van der Waals surface area contributed by atoms with Crippen molar-refractivity contribution in [2.75, 3.05) is 6.54 Å². The Morgan fingerprint density at radius 1 is 1.70 bits per heavy atom. The van der Waals surface area contributed by atoms with E-state index in [0.29, 0.717) is 6.04 Å². The molecule has 10 heavy (non-hydrogen) atoms. The third-order valence-electron chi connectivity index (χ3n) is 2.21. The summed E-state index contributed by atoms with van der Waals surface area (Å²) in [6.07, 6.45) is 6.54. The van der Waals surface area contributed by atoms with Gasteiger partial charge in [0.2, 0.25) is 0 Å². The molecule has 2 nitrogen and oxygen atoms in total. The zero-order valence-electron chi connectivity index (χ0n) is 6.25. The molecule has 2 rings (SSSR count). The van der Waals surface area contributed by atoms with Gasteiger partial charge in [0.25, 0.3) is 0 Å². The van der Waals surface area contributed by atoms with E-state index in [1.807, 2.05) is 6.20 Å². The van der Waals surface area contributed by atoms with Crippen LogP contribution in [-0.2, 0) is 0 Å². The van der Waals surface area contributed by atoms with Gasteiger partial charge in [0, 0.05) is 25.2 Å². The Labute approximate surface area is 61.2 Å². The maximum absolute atomic E-state index is 4.30. The zero-order chi connectivity index (χ0) is 6.97. The van der Waals surface area contributed by atoms with Crippen molar-refractivity contribution in [2.45, 2.75) is 25.8 Å². The van der Waals surface area contributed by atoms with Crippen molar-refractivity contribution < 1.29 is 0 Å². The van der Waals surface area contributed by atoms with Crippen LogP contribution in [0.1, 0.15) is 19.8 Å². The summed E-state index contributed by atoms with van der Waals surface area (Å²) in [7, 11) is 0. The van der Waals surface area contributed by atoms with Crippen molar-refractivity contribution in [3.63, 3.8) is 0 Å². The number of nitrogens with zero attached hydrogens (tertiary/aromatic N) is 2. The maximum Gasteiger partial charge on any atom is 0.105 e. The average molecular weight is 136 g/mol. The average Bonchev–Trinajstić information content (AvgIpc) is 2.36. The van der Waals surface area contributed by atoms with Gasteiger partial charge in [0.15, 0.2) is 0 Å². The first kappa shape index (κ1) is 5.96. The standard InChI is InChI=1S/C8H12N2/c1-7-4-5-9-8-3-2-6-10(7)8/h4-5,7H,2-3,6H2,1H3. The third-order valence-corrected chi connectivity index (χ3v) is 2.21. The lowest BCUT2D eigenvalue weighted by atomic mass is 10.2. The van der Waals surface area contributed by atoms with E-state index in [9.17, 15) is 0 Å². The molecule has 0 amide bonds. The number of aliphatic imine (C=N–C) groups is 1. The Morgan fingerprint density at radius 3 is 3.40 bits per heavy atom. The van der Waals surface area contributed by atoms with Gasteiger partial charge < -0.3 is 4.90 Å². The number of amidine groups is 1. The quantitative estimate of drug-likeness (QED) is 0.491. The van der Waals surface area contributed by atoms with Crippen LogP contribution in [0.4, 0.5) is 0 Å². The SMILES string of the molecule is CC1C=CN=C2CCCN21. The second kappa shape index (κ2) is 2.11. The number of fused-ring (bicyclic) bond motifs is 1. The highest BCUT2D eigenvalue weighted by Gasteiger charge is 2.23. The predicted octanol–water partition coefficient (Wildman–Crippen LogP) is 1.40. The van der Waals surface area contributed by atoms with Gasteiger partial charge in [0.1, 0.15) is 5.84 Å². The molecule has 54 valence electrons. The molecule has 1 saturated heterocycles. The van der Waals surface area contributed by atoms with Crippen molar-refractivity contribution >= 4 is 5.84 Å². The van der Waals surface area contributed by atoms with Crippen molar-refractivity contribution in [2.24, 2.45) is 4.99 Å². The fourth-order valence-corrected chi connectivity index (χ4v) is 1.62. The molecule has 0 saturated carbocycles. The smallest absolute Gasteiger partial charge is 0.105 e. The molecule has 2 heteroatoms. The molecule has 2 aliphatic rings. The summed E-state index contributed by atoms with van der Waals surface area (Å²) in [5, 5.41) is 0. The Morgan fingerprint density at radius 2 is 2.60 bits per heavy atom. The Balaban J connectivity index is 2.25. The molecule has 0 radical (unpaired) electrons. The van der Waals surface area contributed by atoms with Gasteiger partial charge in [-0.15, -0.1) is 0 Å². The van der Waals surface area contributed by atoms with Gasteiger partial charge in [-0.2, -0.15) is 0 Å². The predicted molar refractivity (Wildman–Crippen MR) is 42.0 cm³/mol. The monoisotopic (exact) mass is 136 g/mol. The van der Waals surface area contributed by atoms with Crippen LogP contribution in [0.15, 0.2) is 17.3 Å². The lowest BCUT2D eigenvalue weighted by molar-refractivity contribution is 0.403. The minimum absolute atomic E-state index is 0.579. The lowest BCUT2D eigenvalue weighted by Gasteiger charge is -2.26. The van der Waals surface area contributed by atoms with Gasteiger partial charge in [-0.05, 0) is 19.4 Å². The molecule has 2 heterocycles. The largest absolute Gasteiger partial charge is 0.354 e.